The molecule has 0 fully saturated rings. The van der Waals surface area contributed by atoms with Crippen LogP contribution in [0.15, 0.2) is 36.4 Å². The van der Waals surface area contributed by atoms with Crippen LogP contribution in [-0.4, -0.2) is 19.1 Å². The minimum Gasteiger partial charge on any atom is -0.490 e. The maximum absolute atomic E-state index is 13.3. The molecule has 0 spiro atoms. The monoisotopic (exact) mass is 317 g/mol. The van der Waals surface area contributed by atoms with Crippen LogP contribution in [0.3, 0.4) is 0 Å². The number of rotatable bonds is 6. The highest BCUT2D eigenvalue weighted by Gasteiger charge is 2.12. The second kappa shape index (κ2) is 7.63. The van der Waals surface area contributed by atoms with Crippen molar-refractivity contribution in [2.45, 2.75) is 20.8 Å². The highest BCUT2D eigenvalue weighted by molar-refractivity contribution is 6.04. The summed E-state index contributed by atoms with van der Waals surface area (Å²) in [6.07, 6.45) is 0. The smallest absolute Gasteiger partial charge is 0.255 e. The lowest BCUT2D eigenvalue weighted by Crippen LogP contribution is -2.12. The molecule has 1 N–H and O–H groups in total. The molecule has 1 amide bonds. The van der Waals surface area contributed by atoms with Gasteiger partial charge in [0.25, 0.3) is 5.91 Å². The van der Waals surface area contributed by atoms with Crippen LogP contribution in [0.25, 0.3) is 0 Å². The average molecular weight is 317 g/mol. The van der Waals surface area contributed by atoms with Crippen molar-refractivity contribution in [3.8, 4) is 11.5 Å². The fraction of sp³-hybridized carbons (Fsp3) is 0.278. The summed E-state index contributed by atoms with van der Waals surface area (Å²) in [6.45, 7) is 6.38. The van der Waals surface area contributed by atoms with Crippen LogP contribution >= 0.6 is 0 Å². The van der Waals surface area contributed by atoms with Gasteiger partial charge in [-0.25, -0.2) is 4.39 Å². The Morgan fingerprint density at radius 2 is 1.74 bits per heavy atom. The molecule has 122 valence electrons. The first-order valence-electron chi connectivity index (χ1n) is 7.52. The second-order valence-corrected chi connectivity index (χ2v) is 4.95. The van der Waals surface area contributed by atoms with E-state index in [0.29, 0.717) is 41.5 Å². The summed E-state index contributed by atoms with van der Waals surface area (Å²) in [6, 6.07) is 9.46. The maximum Gasteiger partial charge on any atom is 0.255 e. The van der Waals surface area contributed by atoms with Crippen molar-refractivity contribution in [3.05, 3.63) is 53.3 Å². The van der Waals surface area contributed by atoms with Crippen molar-refractivity contribution >= 4 is 11.6 Å². The molecule has 2 aromatic rings. The zero-order valence-corrected chi connectivity index (χ0v) is 13.5. The number of benzene rings is 2. The van der Waals surface area contributed by atoms with E-state index >= 15 is 0 Å². The van der Waals surface area contributed by atoms with Gasteiger partial charge in [0.2, 0.25) is 0 Å². The zero-order chi connectivity index (χ0) is 16.8. The van der Waals surface area contributed by atoms with Crippen molar-refractivity contribution in [2.75, 3.05) is 18.5 Å². The Balaban J connectivity index is 2.21. The zero-order valence-electron chi connectivity index (χ0n) is 13.5. The first kappa shape index (κ1) is 16.8. The lowest BCUT2D eigenvalue weighted by atomic mass is 10.1. The summed E-state index contributed by atoms with van der Waals surface area (Å²) in [5, 5.41) is 2.75. The Morgan fingerprint density at radius 3 is 2.39 bits per heavy atom. The maximum atomic E-state index is 13.3. The van der Waals surface area contributed by atoms with E-state index in [-0.39, 0.29) is 11.7 Å². The molecule has 0 unspecified atom stereocenters. The molecule has 0 bridgehead atoms. The number of carbonyl (C=O) groups excluding carboxylic acids is 1. The molecular weight excluding hydrogens is 297 g/mol. The van der Waals surface area contributed by atoms with E-state index in [1.165, 1.54) is 12.1 Å². The Morgan fingerprint density at radius 1 is 1.04 bits per heavy atom. The number of ether oxygens (including phenoxy) is 2. The van der Waals surface area contributed by atoms with Crippen LogP contribution in [-0.2, 0) is 0 Å². The van der Waals surface area contributed by atoms with Gasteiger partial charge in [0.1, 0.15) is 5.82 Å². The van der Waals surface area contributed by atoms with E-state index in [1.54, 1.807) is 31.2 Å². The lowest BCUT2D eigenvalue weighted by molar-refractivity contribution is 0.102. The Kier molecular flexibility index (Phi) is 5.57. The van der Waals surface area contributed by atoms with Crippen LogP contribution < -0.4 is 14.8 Å². The predicted molar refractivity (Wildman–Crippen MR) is 87.9 cm³/mol. The van der Waals surface area contributed by atoms with Gasteiger partial charge in [-0.15, -0.1) is 0 Å². The molecule has 2 rings (SSSR count). The summed E-state index contributed by atoms with van der Waals surface area (Å²) in [7, 11) is 0. The third kappa shape index (κ3) is 4.22. The lowest BCUT2D eigenvalue weighted by Gasteiger charge is -2.12. The van der Waals surface area contributed by atoms with Crippen molar-refractivity contribution in [1.29, 1.82) is 0 Å². The molecule has 0 heterocycles. The Hall–Kier alpha value is -2.56. The third-order valence-corrected chi connectivity index (χ3v) is 3.22. The third-order valence-electron chi connectivity index (χ3n) is 3.22. The highest BCUT2D eigenvalue weighted by atomic mass is 19.1. The predicted octanol–water partition coefficient (Wildman–Crippen LogP) is 4.18. The quantitative estimate of drug-likeness (QED) is 0.869. The average Bonchev–Trinajstić information content (AvgIpc) is 2.53. The van der Waals surface area contributed by atoms with Crippen molar-refractivity contribution in [1.82, 2.24) is 0 Å². The van der Waals surface area contributed by atoms with E-state index in [2.05, 4.69) is 5.32 Å². The molecule has 23 heavy (non-hydrogen) atoms. The number of hydrogen-bond acceptors (Lipinski definition) is 3. The van der Waals surface area contributed by atoms with Crippen LogP contribution in [0.4, 0.5) is 10.1 Å². The number of nitrogens with one attached hydrogen (secondary N) is 1. The summed E-state index contributed by atoms with van der Waals surface area (Å²) in [5.41, 5.74) is 1.46. The largest absolute Gasteiger partial charge is 0.490 e. The normalized spacial score (nSPS) is 10.3. The highest BCUT2D eigenvalue weighted by Crippen LogP contribution is 2.29. The summed E-state index contributed by atoms with van der Waals surface area (Å²) in [4.78, 5) is 12.3. The fourth-order valence-corrected chi connectivity index (χ4v) is 2.12. The van der Waals surface area contributed by atoms with E-state index < -0.39 is 0 Å². The van der Waals surface area contributed by atoms with E-state index in [9.17, 15) is 9.18 Å². The molecule has 0 saturated carbocycles. The molecule has 5 heteroatoms. The van der Waals surface area contributed by atoms with Gasteiger partial charge in [-0.05, 0) is 62.7 Å². The van der Waals surface area contributed by atoms with Crippen LogP contribution in [0, 0.1) is 12.7 Å². The molecule has 0 aliphatic carbocycles. The molecule has 0 aliphatic rings. The minimum absolute atomic E-state index is 0.292. The number of halogens is 1. The molecular formula is C18H20FNO3. The number of amides is 1. The van der Waals surface area contributed by atoms with Gasteiger partial charge in [0, 0.05) is 11.3 Å². The topological polar surface area (TPSA) is 47.6 Å². The van der Waals surface area contributed by atoms with Gasteiger partial charge in [-0.2, -0.15) is 0 Å². The van der Waals surface area contributed by atoms with Crippen LogP contribution in [0.5, 0.6) is 11.5 Å². The fourth-order valence-electron chi connectivity index (χ4n) is 2.12. The van der Waals surface area contributed by atoms with Gasteiger partial charge in [0.05, 0.1) is 13.2 Å². The van der Waals surface area contributed by atoms with Crippen LogP contribution in [0.1, 0.15) is 29.8 Å². The van der Waals surface area contributed by atoms with E-state index in [4.69, 9.17) is 9.47 Å². The molecule has 0 aliphatic heterocycles. The van der Waals surface area contributed by atoms with E-state index in [0.717, 1.165) is 0 Å². The molecule has 4 nitrogen and oxygen atoms in total. The van der Waals surface area contributed by atoms with Gasteiger partial charge < -0.3 is 14.8 Å². The minimum atomic E-state index is -0.303. The SMILES string of the molecule is CCOc1ccc(C(=O)Nc2ccc(F)c(C)c2)cc1OCC. The molecule has 0 radical (unpaired) electrons. The van der Waals surface area contributed by atoms with Crippen LogP contribution in [0.2, 0.25) is 0 Å². The van der Waals surface area contributed by atoms with Crippen molar-refractivity contribution in [3.63, 3.8) is 0 Å². The molecule has 0 atom stereocenters. The van der Waals surface area contributed by atoms with Gasteiger partial charge in [-0.1, -0.05) is 0 Å². The molecule has 0 saturated heterocycles. The van der Waals surface area contributed by atoms with E-state index in [1.807, 2.05) is 13.8 Å². The van der Waals surface area contributed by atoms with Gasteiger partial charge in [0.15, 0.2) is 11.5 Å². The van der Waals surface area contributed by atoms with Gasteiger partial charge >= 0.3 is 0 Å². The number of hydrogen-bond donors (Lipinski definition) is 1. The first-order chi connectivity index (χ1) is 11.0. The Labute approximate surface area is 135 Å². The molecule has 2 aromatic carbocycles. The number of aryl methyl sites for hydroxylation is 1. The van der Waals surface area contributed by atoms with Crippen molar-refractivity contribution < 1.29 is 18.7 Å². The standard InChI is InChI=1S/C18H20FNO3/c1-4-22-16-9-6-13(11-17(16)23-5-2)18(21)20-14-7-8-15(19)12(3)10-14/h6-11H,4-5H2,1-3H3,(H,20,21). The second-order valence-electron chi connectivity index (χ2n) is 4.95. The summed E-state index contributed by atoms with van der Waals surface area (Å²) >= 11 is 0. The number of anilines is 1. The number of carbonyl (C=O) groups is 1. The van der Waals surface area contributed by atoms with Gasteiger partial charge in [-0.3, -0.25) is 4.79 Å². The summed E-state index contributed by atoms with van der Waals surface area (Å²) < 4.78 is 24.3. The molecule has 0 aromatic heterocycles. The summed E-state index contributed by atoms with van der Waals surface area (Å²) in [5.74, 6) is 0.531. The first-order valence-corrected chi connectivity index (χ1v) is 7.52. The van der Waals surface area contributed by atoms with Crippen molar-refractivity contribution in [2.24, 2.45) is 0 Å². The Bertz CT molecular complexity index is 701.